The maximum Gasteiger partial charge on any atom is 0.229 e. The minimum Gasteiger partial charge on any atom is -0.496 e. The smallest absolute Gasteiger partial charge is 0.229 e. The Labute approximate surface area is 139 Å². The number of methoxy groups -OCH3 is 1. The molecular weight excluding hydrogens is 356 g/mol. The fourth-order valence-electron chi connectivity index (χ4n) is 3.69. The number of benzene rings is 1. The monoisotopic (exact) mass is 374 g/mol. The predicted octanol–water partition coefficient (Wildman–Crippen LogP) is 3.19. The first-order valence-corrected chi connectivity index (χ1v) is 7.79. The summed E-state index contributed by atoms with van der Waals surface area (Å²) in [7, 11) is 1.62. The van der Waals surface area contributed by atoms with Crippen LogP contribution in [-0.4, -0.2) is 19.1 Å². The highest BCUT2D eigenvalue weighted by Gasteiger charge is 2.49. The van der Waals surface area contributed by atoms with Crippen molar-refractivity contribution >= 4 is 39.9 Å². The van der Waals surface area contributed by atoms with E-state index in [1.54, 1.807) is 7.11 Å². The summed E-state index contributed by atoms with van der Waals surface area (Å²) in [5, 5.41) is 2.99. The lowest BCUT2D eigenvalue weighted by Crippen LogP contribution is -2.42. The number of carbonyl (C=O) groups excluding carboxylic acids is 1. The van der Waals surface area contributed by atoms with Gasteiger partial charge in [0, 0.05) is 11.7 Å². The molecule has 0 saturated heterocycles. The number of rotatable bonds is 3. The van der Waals surface area contributed by atoms with Crippen LogP contribution in [-0.2, 0) is 4.79 Å². The van der Waals surface area contributed by atoms with Crippen molar-refractivity contribution in [3.63, 3.8) is 0 Å². The molecule has 116 valence electrons. The van der Waals surface area contributed by atoms with Crippen molar-refractivity contribution in [3.05, 3.63) is 22.7 Å². The van der Waals surface area contributed by atoms with E-state index in [0.29, 0.717) is 11.8 Å². The average Bonchev–Trinajstić information content (AvgIpc) is 2.99. The second kappa shape index (κ2) is 6.55. The topological polar surface area (TPSA) is 64.3 Å². The van der Waals surface area contributed by atoms with Crippen LogP contribution in [0.5, 0.6) is 5.75 Å². The zero-order chi connectivity index (χ0) is 14.3. The van der Waals surface area contributed by atoms with E-state index >= 15 is 0 Å². The fraction of sp³-hybridized carbons (Fsp3) is 0.533. The highest BCUT2D eigenvalue weighted by Crippen LogP contribution is 2.48. The Morgan fingerprint density at radius 2 is 2.10 bits per heavy atom. The van der Waals surface area contributed by atoms with Gasteiger partial charge in [-0.3, -0.25) is 4.79 Å². The van der Waals surface area contributed by atoms with Crippen LogP contribution in [0.4, 0.5) is 5.69 Å². The van der Waals surface area contributed by atoms with Crippen LogP contribution >= 0.6 is 28.3 Å². The molecule has 2 aliphatic rings. The van der Waals surface area contributed by atoms with Gasteiger partial charge in [-0.1, -0.05) is 0 Å². The second-order valence-corrected chi connectivity index (χ2v) is 6.63. The first-order chi connectivity index (χ1) is 9.60. The Morgan fingerprint density at radius 1 is 1.38 bits per heavy atom. The maximum absolute atomic E-state index is 12.4. The fourth-order valence-corrected chi connectivity index (χ4v) is 4.24. The summed E-state index contributed by atoms with van der Waals surface area (Å²) in [6.07, 6.45) is 3.44. The minimum atomic E-state index is -0.0328. The van der Waals surface area contributed by atoms with E-state index in [4.69, 9.17) is 10.5 Å². The molecule has 1 aromatic carbocycles. The molecule has 0 radical (unpaired) electrons. The van der Waals surface area contributed by atoms with Gasteiger partial charge < -0.3 is 15.8 Å². The standard InChI is InChI=1S/C15H19BrN2O2.ClH/c1-20-12-5-4-10(7-11(12)16)18-15(19)13-8-2-3-9(6-8)14(13)17;/h4-5,7-9,13-14H,2-3,6,17H2,1H3,(H,18,19);1H. The van der Waals surface area contributed by atoms with Crippen LogP contribution in [0.15, 0.2) is 22.7 Å². The molecule has 1 aromatic rings. The molecule has 0 spiro atoms. The van der Waals surface area contributed by atoms with E-state index in [2.05, 4.69) is 21.2 Å². The van der Waals surface area contributed by atoms with Gasteiger partial charge >= 0.3 is 0 Å². The van der Waals surface area contributed by atoms with E-state index in [9.17, 15) is 4.79 Å². The van der Waals surface area contributed by atoms with Crippen LogP contribution < -0.4 is 15.8 Å². The zero-order valence-corrected chi connectivity index (χ0v) is 14.2. The Kier molecular flexibility index (Phi) is 5.17. The van der Waals surface area contributed by atoms with Crippen LogP contribution in [0.3, 0.4) is 0 Å². The van der Waals surface area contributed by atoms with Crippen LogP contribution in [0.25, 0.3) is 0 Å². The Morgan fingerprint density at radius 3 is 2.67 bits per heavy atom. The Bertz CT molecular complexity index is 538. The number of carbonyl (C=O) groups is 1. The number of anilines is 1. The largest absolute Gasteiger partial charge is 0.496 e. The molecular formula is C15H20BrClN2O2. The molecule has 2 bridgehead atoms. The van der Waals surface area contributed by atoms with E-state index in [0.717, 1.165) is 28.8 Å². The Balaban J connectivity index is 0.00000161. The van der Waals surface area contributed by atoms with Crippen molar-refractivity contribution in [1.29, 1.82) is 0 Å². The molecule has 4 nitrogen and oxygen atoms in total. The number of ether oxygens (including phenoxy) is 1. The molecule has 2 saturated carbocycles. The second-order valence-electron chi connectivity index (χ2n) is 5.77. The molecule has 4 atom stereocenters. The number of halogens is 2. The van der Waals surface area contributed by atoms with E-state index in [-0.39, 0.29) is 30.3 Å². The maximum atomic E-state index is 12.4. The van der Waals surface area contributed by atoms with Crippen molar-refractivity contribution in [1.82, 2.24) is 0 Å². The predicted molar refractivity (Wildman–Crippen MR) is 88.9 cm³/mol. The number of hydrogen-bond donors (Lipinski definition) is 2. The lowest BCUT2D eigenvalue weighted by molar-refractivity contribution is -0.121. The average molecular weight is 376 g/mol. The van der Waals surface area contributed by atoms with E-state index < -0.39 is 0 Å². The summed E-state index contributed by atoms with van der Waals surface area (Å²) >= 11 is 3.42. The Hall–Kier alpha value is -0.780. The van der Waals surface area contributed by atoms with Crippen molar-refractivity contribution in [2.75, 3.05) is 12.4 Å². The van der Waals surface area contributed by atoms with Crippen molar-refractivity contribution in [3.8, 4) is 5.75 Å². The summed E-state index contributed by atoms with van der Waals surface area (Å²) in [6.45, 7) is 0. The van der Waals surface area contributed by atoms with Gasteiger partial charge in [0.05, 0.1) is 17.5 Å². The molecule has 4 unspecified atom stereocenters. The molecule has 2 aliphatic carbocycles. The normalized spacial score (nSPS) is 29.9. The first kappa shape index (κ1) is 16.6. The molecule has 1 amide bonds. The number of fused-ring (bicyclic) bond motifs is 2. The van der Waals surface area contributed by atoms with Crippen molar-refractivity contribution in [2.24, 2.45) is 23.5 Å². The lowest BCUT2D eigenvalue weighted by atomic mass is 9.84. The van der Waals surface area contributed by atoms with Gasteiger partial charge in [-0.25, -0.2) is 0 Å². The van der Waals surface area contributed by atoms with Gasteiger partial charge in [-0.15, -0.1) is 12.4 Å². The van der Waals surface area contributed by atoms with Crippen molar-refractivity contribution in [2.45, 2.75) is 25.3 Å². The van der Waals surface area contributed by atoms with Gasteiger partial charge in [0.15, 0.2) is 0 Å². The molecule has 0 aliphatic heterocycles. The third-order valence-electron chi connectivity index (χ3n) is 4.70. The highest BCUT2D eigenvalue weighted by molar-refractivity contribution is 9.10. The molecule has 0 aromatic heterocycles. The summed E-state index contributed by atoms with van der Waals surface area (Å²) in [5.74, 6) is 1.78. The zero-order valence-electron chi connectivity index (χ0n) is 11.8. The van der Waals surface area contributed by atoms with Gasteiger partial charge in [-0.2, -0.15) is 0 Å². The third-order valence-corrected chi connectivity index (χ3v) is 5.32. The first-order valence-electron chi connectivity index (χ1n) is 7.00. The summed E-state index contributed by atoms with van der Waals surface area (Å²) in [4.78, 5) is 12.4. The van der Waals surface area contributed by atoms with Gasteiger partial charge in [0.25, 0.3) is 0 Å². The summed E-state index contributed by atoms with van der Waals surface area (Å²) < 4.78 is 6.01. The van der Waals surface area contributed by atoms with Crippen LogP contribution in [0, 0.1) is 17.8 Å². The number of amides is 1. The minimum absolute atomic E-state index is 0. The SMILES string of the molecule is COc1ccc(NC(=O)C2C3CCC(C3)C2N)cc1Br.Cl. The molecule has 6 heteroatoms. The van der Waals surface area contributed by atoms with Crippen LogP contribution in [0.2, 0.25) is 0 Å². The third kappa shape index (κ3) is 3.05. The molecule has 21 heavy (non-hydrogen) atoms. The lowest BCUT2D eigenvalue weighted by Gasteiger charge is -2.27. The summed E-state index contributed by atoms with van der Waals surface area (Å²) in [5.41, 5.74) is 6.98. The van der Waals surface area contributed by atoms with Crippen molar-refractivity contribution < 1.29 is 9.53 Å². The molecule has 3 rings (SSSR count). The van der Waals surface area contributed by atoms with Gasteiger partial charge in [0.1, 0.15) is 5.75 Å². The number of nitrogens with two attached hydrogens (primary N) is 1. The van der Waals surface area contributed by atoms with Crippen LogP contribution in [0.1, 0.15) is 19.3 Å². The number of hydrogen-bond acceptors (Lipinski definition) is 3. The highest BCUT2D eigenvalue weighted by atomic mass is 79.9. The molecule has 2 fully saturated rings. The number of nitrogens with one attached hydrogen (secondary N) is 1. The molecule has 3 N–H and O–H groups in total. The van der Waals surface area contributed by atoms with Gasteiger partial charge in [-0.05, 0) is 65.2 Å². The van der Waals surface area contributed by atoms with E-state index in [1.807, 2.05) is 18.2 Å². The van der Waals surface area contributed by atoms with Gasteiger partial charge in [0.2, 0.25) is 5.91 Å². The molecule has 0 heterocycles. The quantitative estimate of drug-likeness (QED) is 0.853. The van der Waals surface area contributed by atoms with E-state index in [1.165, 1.54) is 6.42 Å². The summed E-state index contributed by atoms with van der Waals surface area (Å²) in [6, 6.07) is 5.56.